The summed E-state index contributed by atoms with van der Waals surface area (Å²) in [6, 6.07) is 3.70. The molecule has 0 fully saturated rings. The Hall–Kier alpha value is -1.45. The van der Waals surface area contributed by atoms with Crippen molar-refractivity contribution in [3.8, 4) is 0 Å². The fraction of sp³-hybridized carbons (Fsp3) is 0.462. The number of carbonyl (C=O) groups excluding carboxylic acids is 1. The molecule has 0 bridgehead atoms. The fourth-order valence-electron chi connectivity index (χ4n) is 1.36. The van der Waals surface area contributed by atoms with Crippen LogP contribution in [0.4, 0.5) is 8.78 Å². The lowest BCUT2D eigenvalue weighted by atomic mass is 10.1. The van der Waals surface area contributed by atoms with E-state index in [1.54, 1.807) is 0 Å². The highest BCUT2D eigenvalue weighted by atomic mass is 19.2. The normalized spacial score (nSPS) is 10.6. The van der Waals surface area contributed by atoms with Crippen LogP contribution in [0.25, 0.3) is 0 Å². The fourth-order valence-corrected chi connectivity index (χ4v) is 1.36. The highest BCUT2D eigenvalue weighted by Crippen LogP contribution is 2.10. The third-order valence-electron chi connectivity index (χ3n) is 2.33. The maximum Gasteiger partial charge on any atom is 0.220 e. The molecule has 0 saturated carbocycles. The van der Waals surface area contributed by atoms with Crippen LogP contribution in [0.5, 0.6) is 0 Å². The van der Waals surface area contributed by atoms with Crippen LogP contribution in [0.15, 0.2) is 18.2 Å². The Balaban J connectivity index is 2.39. The summed E-state index contributed by atoms with van der Waals surface area (Å²) >= 11 is 0. The average molecular weight is 241 g/mol. The zero-order valence-electron chi connectivity index (χ0n) is 10.1. The van der Waals surface area contributed by atoms with Crippen molar-refractivity contribution in [1.29, 1.82) is 0 Å². The lowest BCUT2D eigenvalue weighted by molar-refractivity contribution is -0.121. The van der Waals surface area contributed by atoms with Crippen LogP contribution in [-0.4, -0.2) is 12.5 Å². The molecule has 17 heavy (non-hydrogen) atoms. The molecule has 2 nitrogen and oxygen atoms in total. The number of hydrogen-bond donors (Lipinski definition) is 1. The van der Waals surface area contributed by atoms with Crippen LogP contribution in [0.3, 0.4) is 0 Å². The van der Waals surface area contributed by atoms with Gasteiger partial charge in [-0.15, -0.1) is 0 Å². The van der Waals surface area contributed by atoms with Crippen molar-refractivity contribution in [1.82, 2.24) is 5.32 Å². The monoisotopic (exact) mass is 241 g/mol. The lowest BCUT2D eigenvalue weighted by Crippen LogP contribution is -2.27. The van der Waals surface area contributed by atoms with Crippen molar-refractivity contribution in [2.45, 2.75) is 26.7 Å². The van der Waals surface area contributed by atoms with E-state index in [0.29, 0.717) is 24.4 Å². The van der Waals surface area contributed by atoms with Gasteiger partial charge in [-0.25, -0.2) is 8.78 Å². The molecule has 94 valence electrons. The first-order chi connectivity index (χ1) is 7.99. The number of aryl methyl sites for hydroxylation is 1. The van der Waals surface area contributed by atoms with Gasteiger partial charge in [0.05, 0.1) is 0 Å². The number of halogens is 2. The smallest absolute Gasteiger partial charge is 0.220 e. The van der Waals surface area contributed by atoms with Gasteiger partial charge in [0.25, 0.3) is 0 Å². The topological polar surface area (TPSA) is 29.1 Å². The van der Waals surface area contributed by atoms with Gasteiger partial charge in [-0.05, 0) is 30.0 Å². The third kappa shape index (κ3) is 4.93. The van der Waals surface area contributed by atoms with Crippen molar-refractivity contribution >= 4 is 5.91 Å². The molecule has 1 amide bonds. The molecular weight excluding hydrogens is 224 g/mol. The van der Waals surface area contributed by atoms with Crippen LogP contribution in [0, 0.1) is 17.6 Å². The third-order valence-corrected chi connectivity index (χ3v) is 2.33. The summed E-state index contributed by atoms with van der Waals surface area (Å²) in [7, 11) is 0. The van der Waals surface area contributed by atoms with Crippen molar-refractivity contribution in [3.05, 3.63) is 35.4 Å². The molecule has 0 radical (unpaired) electrons. The molecule has 4 heteroatoms. The zero-order chi connectivity index (χ0) is 12.8. The minimum absolute atomic E-state index is 0.0663. The Morgan fingerprint density at radius 2 is 2.00 bits per heavy atom. The maximum absolute atomic E-state index is 12.9. The first kappa shape index (κ1) is 13.6. The first-order valence-corrected chi connectivity index (χ1v) is 5.69. The van der Waals surface area contributed by atoms with Crippen LogP contribution in [0.1, 0.15) is 25.8 Å². The number of hydrogen-bond acceptors (Lipinski definition) is 1. The van der Waals surface area contributed by atoms with E-state index >= 15 is 0 Å². The predicted octanol–water partition coefficient (Wildman–Crippen LogP) is 2.67. The van der Waals surface area contributed by atoms with Gasteiger partial charge in [0, 0.05) is 13.0 Å². The number of amides is 1. The Morgan fingerprint density at radius 1 is 1.29 bits per heavy atom. The van der Waals surface area contributed by atoms with E-state index < -0.39 is 11.6 Å². The average Bonchev–Trinajstić information content (AvgIpc) is 2.28. The molecule has 0 atom stereocenters. The summed E-state index contributed by atoms with van der Waals surface area (Å²) in [4.78, 5) is 11.4. The molecule has 0 unspecified atom stereocenters. The molecule has 1 aromatic carbocycles. The van der Waals surface area contributed by atoms with Gasteiger partial charge in [0.15, 0.2) is 11.6 Å². The Morgan fingerprint density at radius 3 is 2.59 bits per heavy atom. The zero-order valence-corrected chi connectivity index (χ0v) is 10.1. The minimum Gasteiger partial charge on any atom is -0.356 e. The van der Waals surface area contributed by atoms with E-state index in [4.69, 9.17) is 0 Å². The second-order valence-electron chi connectivity index (χ2n) is 4.45. The molecule has 1 rings (SSSR count). The number of benzene rings is 1. The summed E-state index contributed by atoms with van der Waals surface area (Å²) in [5, 5.41) is 2.77. The standard InChI is InChI=1S/C13H17F2NO/c1-9(2)8-16-13(17)6-4-10-3-5-11(14)12(15)7-10/h3,5,7,9H,4,6,8H2,1-2H3,(H,16,17). The van der Waals surface area contributed by atoms with E-state index in [1.165, 1.54) is 6.07 Å². The highest BCUT2D eigenvalue weighted by molar-refractivity contribution is 5.76. The van der Waals surface area contributed by atoms with Crippen LogP contribution >= 0.6 is 0 Å². The van der Waals surface area contributed by atoms with E-state index in [1.807, 2.05) is 13.8 Å². The van der Waals surface area contributed by atoms with Crippen molar-refractivity contribution < 1.29 is 13.6 Å². The van der Waals surface area contributed by atoms with Gasteiger partial charge in [0.1, 0.15) is 0 Å². The van der Waals surface area contributed by atoms with E-state index in [0.717, 1.165) is 12.1 Å². The lowest BCUT2D eigenvalue weighted by Gasteiger charge is -2.07. The van der Waals surface area contributed by atoms with Gasteiger partial charge in [-0.2, -0.15) is 0 Å². The van der Waals surface area contributed by atoms with Gasteiger partial charge < -0.3 is 5.32 Å². The van der Waals surface area contributed by atoms with E-state index in [9.17, 15) is 13.6 Å². The van der Waals surface area contributed by atoms with Crippen LogP contribution in [0.2, 0.25) is 0 Å². The summed E-state index contributed by atoms with van der Waals surface area (Å²) < 4.78 is 25.5. The van der Waals surface area contributed by atoms with Crippen LogP contribution < -0.4 is 5.32 Å². The Labute approximate surface area is 100 Å². The Kier molecular flexibility index (Phi) is 5.07. The van der Waals surface area contributed by atoms with Crippen molar-refractivity contribution in [2.24, 2.45) is 5.92 Å². The molecule has 0 heterocycles. The second-order valence-corrected chi connectivity index (χ2v) is 4.45. The molecule has 0 aromatic heterocycles. The minimum atomic E-state index is -0.870. The van der Waals surface area contributed by atoms with Gasteiger partial charge in [-0.1, -0.05) is 19.9 Å². The SMILES string of the molecule is CC(C)CNC(=O)CCc1ccc(F)c(F)c1. The molecule has 0 saturated heterocycles. The number of rotatable bonds is 5. The summed E-state index contributed by atoms with van der Waals surface area (Å²) in [6.07, 6.45) is 0.707. The van der Waals surface area contributed by atoms with Crippen molar-refractivity contribution in [2.75, 3.05) is 6.54 Å². The highest BCUT2D eigenvalue weighted by Gasteiger charge is 2.06. The Bertz CT molecular complexity index is 391. The summed E-state index contributed by atoms with van der Waals surface area (Å²) in [5.41, 5.74) is 0.628. The van der Waals surface area contributed by atoms with Gasteiger partial charge >= 0.3 is 0 Å². The van der Waals surface area contributed by atoms with Crippen molar-refractivity contribution in [3.63, 3.8) is 0 Å². The number of nitrogens with one attached hydrogen (secondary N) is 1. The summed E-state index contributed by atoms with van der Waals surface area (Å²) in [5.74, 6) is -1.39. The molecule has 0 aliphatic heterocycles. The summed E-state index contributed by atoms with van der Waals surface area (Å²) in [6.45, 7) is 4.65. The van der Waals surface area contributed by atoms with E-state index in [2.05, 4.69) is 5.32 Å². The quantitative estimate of drug-likeness (QED) is 0.843. The molecular formula is C13H17F2NO. The molecule has 0 aliphatic rings. The van der Waals surface area contributed by atoms with Crippen LogP contribution in [-0.2, 0) is 11.2 Å². The van der Waals surface area contributed by atoms with E-state index in [-0.39, 0.29) is 12.3 Å². The molecule has 1 N–H and O–H groups in total. The molecule has 0 aliphatic carbocycles. The predicted molar refractivity (Wildman–Crippen MR) is 62.5 cm³/mol. The molecule has 1 aromatic rings. The number of carbonyl (C=O) groups is 1. The molecule has 0 spiro atoms. The van der Waals surface area contributed by atoms with Gasteiger partial charge in [-0.3, -0.25) is 4.79 Å². The first-order valence-electron chi connectivity index (χ1n) is 5.69. The maximum atomic E-state index is 12.9. The largest absolute Gasteiger partial charge is 0.356 e. The second kappa shape index (κ2) is 6.33. The van der Waals surface area contributed by atoms with Gasteiger partial charge in [0.2, 0.25) is 5.91 Å².